The van der Waals surface area contributed by atoms with Gasteiger partial charge in [-0.2, -0.15) is 0 Å². The fraction of sp³-hybridized carbons (Fsp3) is 0.300. The van der Waals surface area contributed by atoms with Crippen molar-refractivity contribution in [3.63, 3.8) is 0 Å². The van der Waals surface area contributed by atoms with Crippen LogP contribution in [0.15, 0.2) is 60.7 Å². The summed E-state index contributed by atoms with van der Waals surface area (Å²) >= 11 is 0. The average molecular weight is 356 g/mol. The highest BCUT2D eigenvalue weighted by Crippen LogP contribution is 2.43. The van der Waals surface area contributed by atoms with E-state index in [2.05, 4.69) is 0 Å². The van der Waals surface area contributed by atoms with Gasteiger partial charge in [-0.25, -0.2) is 0 Å². The summed E-state index contributed by atoms with van der Waals surface area (Å²) in [5, 5.41) is 10.1. The van der Waals surface area contributed by atoms with Crippen molar-refractivity contribution < 1.29 is 19.4 Å². The summed E-state index contributed by atoms with van der Waals surface area (Å²) in [7, 11) is 0. The maximum Gasteiger partial charge on any atom is 0.327 e. The first-order valence-corrected chi connectivity index (χ1v) is 8.37. The van der Waals surface area contributed by atoms with E-state index in [9.17, 15) is 14.7 Å². The average Bonchev–Trinajstić information content (AvgIpc) is 2.62. The third-order valence-corrected chi connectivity index (χ3v) is 4.33. The first-order valence-electron chi connectivity index (χ1n) is 8.37. The molecule has 0 aromatic heterocycles. The highest BCUT2D eigenvalue weighted by molar-refractivity contribution is 6.01. The maximum atomic E-state index is 13.0. The van der Waals surface area contributed by atoms with Crippen LogP contribution < -0.4 is 11.5 Å². The smallest absolute Gasteiger partial charge is 0.327 e. The Balaban J connectivity index is 2.65. The van der Waals surface area contributed by atoms with Crippen molar-refractivity contribution in [3.05, 3.63) is 71.8 Å². The van der Waals surface area contributed by atoms with Crippen molar-refractivity contribution >= 4 is 11.9 Å². The largest absolute Gasteiger partial charge is 0.480 e. The molecule has 0 saturated carbocycles. The molecule has 2 aromatic carbocycles. The van der Waals surface area contributed by atoms with E-state index in [0.717, 1.165) is 0 Å². The maximum absolute atomic E-state index is 13.0. The van der Waals surface area contributed by atoms with Crippen LogP contribution in [0.1, 0.15) is 37.1 Å². The molecular weight excluding hydrogens is 332 g/mol. The van der Waals surface area contributed by atoms with Gasteiger partial charge in [0.05, 0.1) is 18.2 Å². The molecule has 0 aliphatic carbocycles. The quantitative estimate of drug-likeness (QED) is 0.518. The Morgan fingerprint density at radius 2 is 1.27 bits per heavy atom. The molecule has 0 heterocycles. The molecule has 0 bridgehead atoms. The summed E-state index contributed by atoms with van der Waals surface area (Å²) in [4.78, 5) is 25.4. The fourth-order valence-electron chi connectivity index (χ4n) is 2.96. The molecular formula is C20H24N2O4. The molecule has 2 aromatic rings. The first kappa shape index (κ1) is 19.6. The molecule has 2 unspecified atom stereocenters. The van der Waals surface area contributed by atoms with Crippen molar-refractivity contribution in [2.75, 3.05) is 0 Å². The second kappa shape index (κ2) is 8.12. The Morgan fingerprint density at radius 1 is 0.885 bits per heavy atom. The predicted molar refractivity (Wildman–Crippen MR) is 98.0 cm³/mol. The SMILES string of the molecule is CC(C)OC(=O)C(C(=O)O)(C(N)c1ccccc1)C(N)c1ccccc1. The highest BCUT2D eigenvalue weighted by atomic mass is 16.5. The highest BCUT2D eigenvalue weighted by Gasteiger charge is 2.58. The third-order valence-electron chi connectivity index (χ3n) is 4.33. The number of rotatable bonds is 7. The van der Waals surface area contributed by atoms with Crippen LogP contribution in [0.25, 0.3) is 0 Å². The van der Waals surface area contributed by atoms with E-state index < -0.39 is 35.5 Å². The fourth-order valence-corrected chi connectivity index (χ4v) is 2.96. The lowest BCUT2D eigenvalue weighted by molar-refractivity contribution is -0.175. The van der Waals surface area contributed by atoms with Gasteiger partial charge >= 0.3 is 11.9 Å². The Labute approximate surface area is 152 Å². The molecule has 0 aliphatic rings. The Morgan fingerprint density at radius 3 is 1.58 bits per heavy atom. The molecule has 6 heteroatoms. The summed E-state index contributed by atoms with van der Waals surface area (Å²) in [6.45, 7) is 3.29. The Bertz CT molecular complexity index is 701. The zero-order valence-electron chi connectivity index (χ0n) is 14.8. The van der Waals surface area contributed by atoms with Gasteiger partial charge in [0, 0.05) is 0 Å². The number of carbonyl (C=O) groups excluding carboxylic acids is 1. The molecule has 0 radical (unpaired) electrons. The first-order chi connectivity index (χ1) is 12.3. The molecule has 0 amide bonds. The summed E-state index contributed by atoms with van der Waals surface area (Å²) in [5.41, 5.74) is 11.5. The second-order valence-electron chi connectivity index (χ2n) is 6.40. The van der Waals surface area contributed by atoms with Crippen molar-refractivity contribution in [1.29, 1.82) is 0 Å². The summed E-state index contributed by atoms with van der Waals surface area (Å²) < 4.78 is 5.28. The minimum absolute atomic E-state index is 0.488. The normalized spacial score (nSPS) is 15.7. The molecule has 0 saturated heterocycles. The number of esters is 1. The Kier molecular flexibility index (Phi) is 6.13. The van der Waals surface area contributed by atoms with Gasteiger partial charge in [0.1, 0.15) is 0 Å². The lowest BCUT2D eigenvalue weighted by atomic mass is 9.69. The van der Waals surface area contributed by atoms with E-state index in [0.29, 0.717) is 11.1 Å². The monoisotopic (exact) mass is 356 g/mol. The summed E-state index contributed by atoms with van der Waals surface area (Å²) in [6.07, 6.45) is -0.507. The molecule has 0 aliphatic heterocycles. The van der Waals surface area contributed by atoms with E-state index in [4.69, 9.17) is 16.2 Å². The molecule has 2 atom stereocenters. The van der Waals surface area contributed by atoms with Crippen LogP contribution >= 0.6 is 0 Å². The van der Waals surface area contributed by atoms with Crippen LogP contribution in [0.5, 0.6) is 0 Å². The molecule has 2 rings (SSSR count). The van der Waals surface area contributed by atoms with Gasteiger partial charge in [0.25, 0.3) is 0 Å². The van der Waals surface area contributed by atoms with Gasteiger partial charge in [-0.05, 0) is 25.0 Å². The van der Waals surface area contributed by atoms with Gasteiger partial charge in [-0.15, -0.1) is 0 Å². The second-order valence-corrected chi connectivity index (χ2v) is 6.40. The zero-order valence-corrected chi connectivity index (χ0v) is 14.8. The molecule has 26 heavy (non-hydrogen) atoms. The van der Waals surface area contributed by atoms with Crippen molar-refractivity contribution in [3.8, 4) is 0 Å². The van der Waals surface area contributed by atoms with E-state index in [1.54, 1.807) is 74.5 Å². The summed E-state index contributed by atoms with van der Waals surface area (Å²) in [6, 6.07) is 14.8. The molecule has 5 N–H and O–H groups in total. The van der Waals surface area contributed by atoms with Crippen LogP contribution in [-0.2, 0) is 14.3 Å². The number of benzene rings is 2. The molecule has 0 fully saturated rings. The van der Waals surface area contributed by atoms with Crippen molar-refractivity contribution in [2.24, 2.45) is 16.9 Å². The molecule has 6 nitrogen and oxygen atoms in total. The van der Waals surface area contributed by atoms with Crippen LogP contribution in [0.4, 0.5) is 0 Å². The number of hydrogen-bond donors (Lipinski definition) is 3. The standard InChI is InChI=1S/C20H24N2O4/c1-13(2)26-19(25)20(18(23)24,16(21)14-9-5-3-6-10-14)17(22)15-11-7-4-8-12-15/h3-13,16-17H,21-22H2,1-2H3,(H,23,24). The van der Waals surface area contributed by atoms with Gasteiger partial charge in [-0.3, -0.25) is 9.59 Å². The molecule has 0 spiro atoms. The number of aliphatic carboxylic acids is 1. The zero-order chi connectivity index (χ0) is 19.3. The van der Waals surface area contributed by atoms with E-state index in [-0.39, 0.29) is 0 Å². The van der Waals surface area contributed by atoms with E-state index >= 15 is 0 Å². The van der Waals surface area contributed by atoms with Gasteiger partial charge in [0.2, 0.25) is 5.41 Å². The van der Waals surface area contributed by atoms with Crippen LogP contribution in [-0.4, -0.2) is 23.1 Å². The molecule has 138 valence electrons. The Hall–Kier alpha value is -2.70. The summed E-state index contributed by atoms with van der Waals surface area (Å²) in [5.74, 6) is -2.37. The van der Waals surface area contributed by atoms with Gasteiger partial charge in [0.15, 0.2) is 0 Å². The van der Waals surface area contributed by atoms with Crippen LogP contribution in [0, 0.1) is 5.41 Å². The number of hydrogen-bond acceptors (Lipinski definition) is 5. The lowest BCUT2D eigenvalue weighted by Gasteiger charge is -2.38. The van der Waals surface area contributed by atoms with Gasteiger partial charge in [-0.1, -0.05) is 60.7 Å². The third kappa shape index (κ3) is 3.61. The number of nitrogens with two attached hydrogens (primary N) is 2. The van der Waals surface area contributed by atoms with E-state index in [1.165, 1.54) is 0 Å². The lowest BCUT2D eigenvalue weighted by Crippen LogP contribution is -2.55. The number of carboxylic acid groups (broad SMARTS) is 1. The van der Waals surface area contributed by atoms with Crippen LogP contribution in [0.3, 0.4) is 0 Å². The van der Waals surface area contributed by atoms with Gasteiger partial charge < -0.3 is 21.3 Å². The topological polar surface area (TPSA) is 116 Å². The van der Waals surface area contributed by atoms with E-state index in [1.807, 2.05) is 0 Å². The van der Waals surface area contributed by atoms with Crippen molar-refractivity contribution in [1.82, 2.24) is 0 Å². The minimum atomic E-state index is -2.17. The number of ether oxygens (including phenoxy) is 1. The minimum Gasteiger partial charge on any atom is -0.480 e. The van der Waals surface area contributed by atoms with Crippen LogP contribution in [0.2, 0.25) is 0 Å². The number of carboxylic acids is 1. The predicted octanol–water partition coefficient (Wildman–Crippen LogP) is 2.41. The number of carbonyl (C=O) groups is 2. The van der Waals surface area contributed by atoms with Crippen molar-refractivity contribution in [2.45, 2.75) is 32.0 Å².